The van der Waals surface area contributed by atoms with Gasteiger partial charge in [0.15, 0.2) is 0 Å². The van der Waals surface area contributed by atoms with E-state index in [1.807, 2.05) is 11.8 Å². The first-order chi connectivity index (χ1) is 12.8. The minimum atomic E-state index is -0.159. The van der Waals surface area contributed by atoms with Gasteiger partial charge in [-0.2, -0.15) is 0 Å². The van der Waals surface area contributed by atoms with Crippen molar-refractivity contribution in [1.29, 1.82) is 0 Å². The fourth-order valence-electron chi connectivity index (χ4n) is 3.59. The molecule has 2 fully saturated rings. The Morgan fingerprint density at radius 1 is 1.33 bits per heavy atom. The van der Waals surface area contributed by atoms with E-state index in [0.717, 1.165) is 28.1 Å². The molecule has 1 saturated heterocycles. The van der Waals surface area contributed by atoms with E-state index in [-0.39, 0.29) is 11.3 Å². The summed E-state index contributed by atoms with van der Waals surface area (Å²) in [5, 5.41) is 7.32. The van der Waals surface area contributed by atoms with Crippen LogP contribution in [0, 0.1) is 0 Å². The molecule has 0 spiro atoms. The van der Waals surface area contributed by atoms with Crippen molar-refractivity contribution in [2.75, 3.05) is 23.9 Å². The third kappa shape index (κ3) is 3.92. The molecular formula is C21H28N4OS. The summed E-state index contributed by atoms with van der Waals surface area (Å²) in [6.45, 7) is 7.17. The summed E-state index contributed by atoms with van der Waals surface area (Å²) in [5.41, 5.74) is 10.7. The molecule has 1 aromatic heterocycles. The Balaban J connectivity index is 1.70. The maximum Gasteiger partial charge on any atom is 0.270 e. The Morgan fingerprint density at radius 3 is 2.74 bits per heavy atom. The summed E-state index contributed by atoms with van der Waals surface area (Å²) in [5.74, 6) is 2.45. The van der Waals surface area contributed by atoms with Gasteiger partial charge in [-0.05, 0) is 47.4 Å². The van der Waals surface area contributed by atoms with Gasteiger partial charge in [0.25, 0.3) is 5.91 Å². The minimum absolute atomic E-state index is 0.0668. The molecule has 6 heteroatoms. The summed E-state index contributed by atoms with van der Waals surface area (Å²) in [6, 6.07) is 6.49. The van der Waals surface area contributed by atoms with Crippen LogP contribution in [0.2, 0.25) is 0 Å². The highest BCUT2D eigenvalue weighted by atomic mass is 32.2. The van der Waals surface area contributed by atoms with Crippen LogP contribution in [0.3, 0.4) is 0 Å². The molecule has 5 nitrogen and oxygen atoms in total. The molecular weight excluding hydrogens is 356 g/mol. The van der Waals surface area contributed by atoms with Gasteiger partial charge in [0, 0.05) is 35.3 Å². The number of fused-ring (bicyclic) bond motifs is 1. The van der Waals surface area contributed by atoms with Crippen molar-refractivity contribution in [3.63, 3.8) is 0 Å². The minimum Gasteiger partial charge on any atom is -0.398 e. The van der Waals surface area contributed by atoms with Gasteiger partial charge in [0.1, 0.15) is 5.69 Å². The molecule has 4 N–H and O–H groups in total. The second kappa shape index (κ2) is 6.99. The van der Waals surface area contributed by atoms with Gasteiger partial charge in [-0.1, -0.05) is 26.8 Å². The van der Waals surface area contributed by atoms with E-state index in [4.69, 9.17) is 10.7 Å². The van der Waals surface area contributed by atoms with E-state index in [0.29, 0.717) is 29.9 Å². The highest BCUT2D eigenvalue weighted by Gasteiger charge is 2.28. The number of carbonyl (C=O) groups excluding carboxylic acids is 1. The van der Waals surface area contributed by atoms with E-state index in [1.165, 1.54) is 18.4 Å². The number of anilines is 1. The standard InChI is InChI=1S/C21H28N4OS/c1-21(2,3)16-7-13(12-4-5-12)6-15-17(22)8-18(25-19(15)16)20(26)23-9-14-10-27-11-24-14/h6-8,12,14,24H,4-5,9-11H2,1-3H3,(H2,22,25)(H,23,26). The lowest BCUT2D eigenvalue weighted by molar-refractivity contribution is 0.0946. The van der Waals surface area contributed by atoms with Gasteiger partial charge < -0.3 is 16.4 Å². The van der Waals surface area contributed by atoms with Crippen LogP contribution in [0.1, 0.15) is 61.1 Å². The monoisotopic (exact) mass is 384 g/mol. The Kier molecular flexibility index (Phi) is 4.80. The van der Waals surface area contributed by atoms with Crippen molar-refractivity contribution < 1.29 is 4.79 Å². The van der Waals surface area contributed by atoms with E-state index in [2.05, 4.69) is 43.5 Å². The first kappa shape index (κ1) is 18.6. The molecule has 1 aliphatic carbocycles. The van der Waals surface area contributed by atoms with Crippen molar-refractivity contribution in [2.24, 2.45) is 0 Å². The third-order valence-corrected chi connectivity index (χ3v) is 6.37. The van der Waals surface area contributed by atoms with E-state index in [9.17, 15) is 4.79 Å². The molecule has 1 saturated carbocycles. The van der Waals surface area contributed by atoms with Crippen molar-refractivity contribution in [3.05, 3.63) is 35.0 Å². The van der Waals surface area contributed by atoms with Crippen LogP contribution >= 0.6 is 11.8 Å². The average molecular weight is 385 g/mol. The molecule has 0 radical (unpaired) electrons. The van der Waals surface area contributed by atoms with E-state index >= 15 is 0 Å². The molecule has 1 aliphatic heterocycles. The number of aromatic nitrogens is 1. The van der Waals surface area contributed by atoms with Crippen LogP contribution in [0.25, 0.3) is 10.9 Å². The number of amides is 1. The molecule has 4 rings (SSSR count). The van der Waals surface area contributed by atoms with Gasteiger partial charge >= 0.3 is 0 Å². The van der Waals surface area contributed by atoms with E-state index in [1.54, 1.807) is 6.07 Å². The number of hydrogen-bond acceptors (Lipinski definition) is 5. The quantitative estimate of drug-likeness (QED) is 0.753. The number of nitrogen functional groups attached to an aromatic ring is 1. The van der Waals surface area contributed by atoms with Crippen LogP contribution in [-0.2, 0) is 5.41 Å². The van der Waals surface area contributed by atoms with Crippen LogP contribution in [-0.4, -0.2) is 35.1 Å². The van der Waals surface area contributed by atoms with Gasteiger partial charge in [-0.25, -0.2) is 4.98 Å². The normalized spacial score (nSPS) is 20.2. The molecule has 27 heavy (non-hydrogen) atoms. The van der Waals surface area contributed by atoms with Crippen molar-refractivity contribution in [3.8, 4) is 0 Å². The van der Waals surface area contributed by atoms with Crippen LogP contribution in [0.5, 0.6) is 0 Å². The summed E-state index contributed by atoms with van der Waals surface area (Å²) in [4.78, 5) is 17.4. The molecule has 144 valence electrons. The Labute approximate surface area is 164 Å². The molecule has 1 amide bonds. The predicted molar refractivity (Wildman–Crippen MR) is 113 cm³/mol. The average Bonchev–Trinajstić information content (AvgIpc) is 3.34. The molecule has 2 aliphatic rings. The second-order valence-corrected chi connectivity index (χ2v) is 9.74. The Morgan fingerprint density at radius 2 is 2.11 bits per heavy atom. The lowest BCUT2D eigenvalue weighted by Gasteiger charge is -2.23. The number of carbonyl (C=O) groups is 1. The Hall–Kier alpha value is -1.79. The number of nitrogens with zero attached hydrogens (tertiary/aromatic N) is 1. The second-order valence-electron chi connectivity index (χ2n) is 8.71. The number of benzene rings is 1. The molecule has 1 atom stereocenters. The zero-order valence-corrected chi connectivity index (χ0v) is 17.1. The number of rotatable bonds is 4. The third-order valence-electron chi connectivity index (χ3n) is 5.36. The summed E-state index contributed by atoms with van der Waals surface area (Å²) >= 11 is 1.85. The lowest BCUT2D eigenvalue weighted by atomic mass is 9.83. The lowest BCUT2D eigenvalue weighted by Crippen LogP contribution is -2.38. The van der Waals surface area contributed by atoms with Gasteiger partial charge in [0.05, 0.1) is 5.52 Å². The van der Waals surface area contributed by atoms with Crippen molar-refractivity contribution in [2.45, 2.75) is 51.0 Å². The zero-order valence-electron chi connectivity index (χ0n) is 16.3. The van der Waals surface area contributed by atoms with Gasteiger partial charge in [-0.3, -0.25) is 4.79 Å². The summed E-state index contributed by atoms with van der Waals surface area (Å²) in [7, 11) is 0. The summed E-state index contributed by atoms with van der Waals surface area (Å²) in [6.07, 6.45) is 2.49. The van der Waals surface area contributed by atoms with Crippen LogP contribution in [0.15, 0.2) is 18.2 Å². The fourth-order valence-corrected chi connectivity index (χ4v) is 4.58. The number of thioether (sulfide) groups is 1. The van der Waals surface area contributed by atoms with Crippen molar-refractivity contribution >= 4 is 34.3 Å². The first-order valence-corrected chi connectivity index (χ1v) is 10.8. The van der Waals surface area contributed by atoms with Crippen LogP contribution in [0.4, 0.5) is 5.69 Å². The van der Waals surface area contributed by atoms with Crippen molar-refractivity contribution in [1.82, 2.24) is 15.6 Å². The molecule has 2 heterocycles. The largest absolute Gasteiger partial charge is 0.398 e. The molecule has 2 aromatic rings. The number of hydrogen-bond donors (Lipinski definition) is 3. The molecule has 1 aromatic carbocycles. The number of nitrogens with one attached hydrogen (secondary N) is 2. The Bertz CT molecular complexity index is 880. The maximum absolute atomic E-state index is 12.7. The summed E-state index contributed by atoms with van der Waals surface area (Å²) < 4.78 is 0. The highest BCUT2D eigenvalue weighted by molar-refractivity contribution is 7.99. The highest BCUT2D eigenvalue weighted by Crippen LogP contribution is 2.43. The molecule has 1 unspecified atom stereocenters. The van der Waals surface area contributed by atoms with Gasteiger partial charge in [-0.15, -0.1) is 11.8 Å². The predicted octanol–water partition coefficient (Wildman–Crippen LogP) is 3.38. The van der Waals surface area contributed by atoms with Gasteiger partial charge in [0.2, 0.25) is 0 Å². The smallest absolute Gasteiger partial charge is 0.270 e. The topological polar surface area (TPSA) is 80.0 Å². The fraction of sp³-hybridized carbons (Fsp3) is 0.524. The maximum atomic E-state index is 12.7. The first-order valence-electron chi connectivity index (χ1n) is 9.67. The van der Waals surface area contributed by atoms with Crippen LogP contribution < -0.4 is 16.4 Å². The number of pyridine rings is 1. The SMILES string of the molecule is CC(C)(C)c1cc(C2CC2)cc2c(N)cc(C(=O)NCC3CSCN3)nc12. The number of nitrogens with two attached hydrogens (primary N) is 1. The zero-order chi connectivity index (χ0) is 19.2. The molecule has 0 bridgehead atoms. The van der Waals surface area contributed by atoms with E-state index < -0.39 is 0 Å².